The molecule has 0 aromatic carbocycles. The first kappa shape index (κ1) is 11.2. The lowest BCUT2D eigenvalue weighted by molar-refractivity contribution is 0.229. The molecule has 4 heteroatoms. The van der Waals surface area contributed by atoms with Crippen LogP contribution in [0, 0.1) is 5.41 Å². The van der Waals surface area contributed by atoms with Gasteiger partial charge in [-0.05, 0) is 24.7 Å². The van der Waals surface area contributed by atoms with Gasteiger partial charge in [0.25, 0.3) is 0 Å². The van der Waals surface area contributed by atoms with Gasteiger partial charge in [0.2, 0.25) is 0 Å². The summed E-state index contributed by atoms with van der Waals surface area (Å²) in [6.45, 7) is 4.66. The molecule has 1 fully saturated rings. The van der Waals surface area contributed by atoms with Crippen LogP contribution in [0.3, 0.4) is 0 Å². The van der Waals surface area contributed by atoms with Gasteiger partial charge in [0.05, 0.1) is 12.4 Å². The summed E-state index contributed by atoms with van der Waals surface area (Å²) >= 11 is 0. The van der Waals surface area contributed by atoms with Gasteiger partial charge in [-0.25, -0.2) is 9.97 Å². The second kappa shape index (κ2) is 4.28. The largest absolute Gasteiger partial charge is 0.382 e. The zero-order chi connectivity index (χ0) is 11.6. The van der Waals surface area contributed by atoms with Gasteiger partial charge in [-0.15, -0.1) is 0 Å². The number of hydrogen-bond acceptors (Lipinski definition) is 4. The zero-order valence-electron chi connectivity index (χ0n) is 10.0. The fraction of sp³-hybridized carbons (Fsp3) is 0.667. The van der Waals surface area contributed by atoms with E-state index in [2.05, 4.69) is 29.1 Å². The van der Waals surface area contributed by atoms with Crippen LogP contribution in [0.5, 0.6) is 0 Å². The molecule has 0 radical (unpaired) electrons. The number of anilines is 2. The third-order valence-corrected chi connectivity index (χ3v) is 3.23. The van der Waals surface area contributed by atoms with Crippen molar-refractivity contribution in [2.24, 2.45) is 5.41 Å². The molecule has 1 saturated carbocycles. The predicted octanol–water partition coefficient (Wildman–Crippen LogP) is 2.44. The van der Waals surface area contributed by atoms with Crippen molar-refractivity contribution >= 4 is 11.6 Å². The van der Waals surface area contributed by atoms with Crippen molar-refractivity contribution in [3.8, 4) is 0 Å². The summed E-state index contributed by atoms with van der Waals surface area (Å²) in [5.41, 5.74) is 5.94. The number of nitrogens with zero attached hydrogens (tertiary/aromatic N) is 2. The van der Waals surface area contributed by atoms with Gasteiger partial charge in [-0.2, -0.15) is 0 Å². The molecule has 1 atom stereocenters. The quantitative estimate of drug-likeness (QED) is 0.803. The Balaban J connectivity index is 1.97. The summed E-state index contributed by atoms with van der Waals surface area (Å²) in [5, 5.41) is 3.43. The lowest BCUT2D eigenvalue weighted by atomic mass is 9.75. The second-order valence-corrected chi connectivity index (χ2v) is 5.43. The number of nitrogens with two attached hydrogens (primary N) is 1. The van der Waals surface area contributed by atoms with Crippen molar-refractivity contribution in [1.29, 1.82) is 0 Å². The summed E-state index contributed by atoms with van der Waals surface area (Å²) in [4.78, 5) is 8.26. The van der Waals surface area contributed by atoms with Crippen LogP contribution >= 0.6 is 0 Å². The molecule has 0 amide bonds. The van der Waals surface area contributed by atoms with Gasteiger partial charge in [-0.1, -0.05) is 20.3 Å². The molecule has 0 spiro atoms. The molecule has 1 aliphatic rings. The molecule has 1 aromatic heterocycles. The molecule has 0 bridgehead atoms. The standard InChI is InChI=1S/C12H20N4/c1-12(2)5-3-4-9(6-12)16-11-8-14-10(13)7-15-11/h7-9H,3-6H2,1-2H3,(H2,13,14)(H,15,16). The Bertz CT molecular complexity index is 345. The fourth-order valence-corrected chi connectivity index (χ4v) is 2.44. The van der Waals surface area contributed by atoms with Gasteiger partial charge < -0.3 is 11.1 Å². The Morgan fingerprint density at radius 1 is 1.38 bits per heavy atom. The van der Waals surface area contributed by atoms with Crippen molar-refractivity contribution in [2.75, 3.05) is 11.1 Å². The maximum atomic E-state index is 5.50. The van der Waals surface area contributed by atoms with Gasteiger partial charge in [0.15, 0.2) is 0 Å². The fourth-order valence-electron chi connectivity index (χ4n) is 2.44. The molecule has 3 N–H and O–H groups in total. The summed E-state index contributed by atoms with van der Waals surface area (Å²) in [5.74, 6) is 1.30. The number of hydrogen-bond donors (Lipinski definition) is 2. The monoisotopic (exact) mass is 220 g/mol. The maximum Gasteiger partial charge on any atom is 0.144 e. The number of nitrogen functional groups attached to an aromatic ring is 1. The van der Waals surface area contributed by atoms with Crippen LogP contribution in [0.2, 0.25) is 0 Å². The molecule has 0 aliphatic heterocycles. The third kappa shape index (κ3) is 2.84. The topological polar surface area (TPSA) is 63.8 Å². The van der Waals surface area contributed by atoms with E-state index in [0.29, 0.717) is 17.3 Å². The van der Waals surface area contributed by atoms with Crippen LogP contribution < -0.4 is 11.1 Å². The average Bonchev–Trinajstić information content (AvgIpc) is 2.20. The molecular weight excluding hydrogens is 200 g/mol. The molecule has 2 rings (SSSR count). The number of aromatic nitrogens is 2. The van der Waals surface area contributed by atoms with Crippen LogP contribution in [0.15, 0.2) is 12.4 Å². The molecular formula is C12H20N4. The van der Waals surface area contributed by atoms with Crippen molar-refractivity contribution in [2.45, 2.75) is 45.6 Å². The minimum atomic E-state index is 0.442. The first-order valence-electron chi connectivity index (χ1n) is 5.89. The van der Waals surface area contributed by atoms with E-state index < -0.39 is 0 Å². The van der Waals surface area contributed by atoms with E-state index in [9.17, 15) is 0 Å². The Hall–Kier alpha value is -1.32. The van der Waals surface area contributed by atoms with E-state index in [0.717, 1.165) is 5.82 Å². The smallest absolute Gasteiger partial charge is 0.144 e. The lowest BCUT2D eigenvalue weighted by Gasteiger charge is -2.35. The van der Waals surface area contributed by atoms with Crippen LogP contribution in [0.25, 0.3) is 0 Å². The molecule has 88 valence electrons. The van der Waals surface area contributed by atoms with Crippen molar-refractivity contribution in [1.82, 2.24) is 9.97 Å². The zero-order valence-corrected chi connectivity index (χ0v) is 10.0. The maximum absolute atomic E-state index is 5.50. The molecule has 0 saturated heterocycles. The highest BCUT2D eigenvalue weighted by molar-refractivity contribution is 5.37. The summed E-state index contributed by atoms with van der Waals surface area (Å²) in [6, 6.07) is 0.515. The van der Waals surface area contributed by atoms with E-state index >= 15 is 0 Å². The van der Waals surface area contributed by atoms with E-state index in [1.54, 1.807) is 12.4 Å². The normalized spacial score (nSPS) is 24.0. The minimum Gasteiger partial charge on any atom is -0.382 e. The van der Waals surface area contributed by atoms with E-state index in [-0.39, 0.29) is 0 Å². The Labute approximate surface area is 96.7 Å². The van der Waals surface area contributed by atoms with Crippen molar-refractivity contribution in [3.63, 3.8) is 0 Å². The molecule has 4 nitrogen and oxygen atoms in total. The van der Waals surface area contributed by atoms with Gasteiger partial charge in [0, 0.05) is 6.04 Å². The molecule has 1 unspecified atom stereocenters. The second-order valence-electron chi connectivity index (χ2n) is 5.43. The summed E-state index contributed by atoms with van der Waals surface area (Å²) in [6.07, 6.45) is 8.31. The first-order chi connectivity index (χ1) is 7.55. The van der Waals surface area contributed by atoms with E-state index in [1.807, 2.05) is 0 Å². The lowest BCUT2D eigenvalue weighted by Crippen LogP contribution is -2.32. The Morgan fingerprint density at radius 3 is 2.81 bits per heavy atom. The highest BCUT2D eigenvalue weighted by atomic mass is 15.0. The number of nitrogens with one attached hydrogen (secondary N) is 1. The van der Waals surface area contributed by atoms with Gasteiger partial charge in [-0.3, -0.25) is 0 Å². The van der Waals surface area contributed by atoms with Crippen LogP contribution in [-0.4, -0.2) is 16.0 Å². The molecule has 1 aromatic rings. The molecule has 16 heavy (non-hydrogen) atoms. The Morgan fingerprint density at radius 2 is 2.19 bits per heavy atom. The predicted molar refractivity (Wildman–Crippen MR) is 66.1 cm³/mol. The van der Waals surface area contributed by atoms with Gasteiger partial charge in [0.1, 0.15) is 11.6 Å². The van der Waals surface area contributed by atoms with Crippen LogP contribution in [-0.2, 0) is 0 Å². The summed E-state index contributed by atoms with van der Waals surface area (Å²) < 4.78 is 0. The van der Waals surface area contributed by atoms with E-state index in [4.69, 9.17) is 5.73 Å². The third-order valence-electron chi connectivity index (χ3n) is 3.23. The van der Waals surface area contributed by atoms with E-state index in [1.165, 1.54) is 25.7 Å². The van der Waals surface area contributed by atoms with Crippen molar-refractivity contribution < 1.29 is 0 Å². The average molecular weight is 220 g/mol. The molecule has 1 heterocycles. The highest BCUT2D eigenvalue weighted by Gasteiger charge is 2.27. The Kier molecular flexibility index (Phi) is 2.99. The van der Waals surface area contributed by atoms with Gasteiger partial charge >= 0.3 is 0 Å². The molecule has 1 aliphatic carbocycles. The minimum absolute atomic E-state index is 0.442. The summed E-state index contributed by atoms with van der Waals surface area (Å²) in [7, 11) is 0. The van der Waals surface area contributed by atoms with Crippen LogP contribution in [0.1, 0.15) is 39.5 Å². The SMILES string of the molecule is CC1(C)CCCC(Nc2cnc(N)cn2)C1. The van der Waals surface area contributed by atoms with Crippen LogP contribution in [0.4, 0.5) is 11.6 Å². The highest BCUT2D eigenvalue weighted by Crippen LogP contribution is 2.36. The first-order valence-corrected chi connectivity index (χ1v) is 5.89. The number of rotatable bonds is 2. The van der Waals surface area contributed by atoms with Crippen molar-refractivity contribution in [3.05, 3.63) is 12.4 Å².